The molecule has 1 aliphatic rings. The highest BCUT2D eigenvalue weighted by Gasteiger charge is 2.23. The van der Waals surface area contributed by atoms with Gasteiger partial charge in [-0.15, -0.1) is 0 Å². The van der Waals surface area contributed by atoms with E-state index in [1.165, 1.54) is 11.1 Å². The van der Waals surface area contributed by atoms with Gasteiger partial charge in [-0.1, -0.05) is 29.8 Å². The van der Waals surface area contributed by atoms with E-state index in [4.69, 9.17) is 0 Å². The number of amides is 1. The van der Waals surface area contributed by atoms with E-state index >= 15 is 0 Å². The van der Waals surface area contributed by atoms with Crippen LogP contribution in [0, 0.1) is 13.8 Å². The van der Waals surface area contributed by atoms with Gasteiger partial charge in [0.25, 0.3) is 0 Å². The number of aryl methyl sites for hydroxylation is 2. The quantitative estimate of drug-likeness (QED) is 0.825. The van der Waals surface area contributed by atoms with E-state index in [2.05, 4.69) is 52.6 Å². The minimum absolute atomic E-state index is 0.0470. The van der Waals surface area contributed by atoms with Gasteiger partial charge in [0.1, 0.15) is 0 Å². The zero-order valence-corrected chi connectivity index (χ0v) is 16.5. The van der Waals surface area contributed by atoms with Gasteiger partial charge >= 0.3 is 0 Å². The Hall–Kier alpha value is -2.24. The fraction of sp³-hybridized carbons (Fsp3) is 0.455. The molecule has 1 amide bonds. The van der Waals surface area contributed by atoms with Crippen LogP contribution >= 0.6 is 0 Å². The number of carbonyl (C=O) groups excluding carboxylic acids is 1. The highest BCUT2D eigenvalue weighted by Crippen LogP contribution is 2.25. The maximum absolute atomic E-state index is 12.9. The summed E-state index contributed by atoms with van der Waals surface area (Å²) in [5, 5.41) is 6.63. The van der Waals surface area contributed by atoms with Crippen molar-refractivity contribution in [2.75, 3.05) is 26.7 Å². The highest BCUT2D eigenvalue weighted by molar-refractivity contribution is 5.79. The number of rotatable bonds is 6. The molecule has 3 rings (SSSR count). The van der Waals surface area contributed by atoms with E-state index in [9.17, 15) is 4.79 Å². The molecule has 0 bridgehead atoms. The fourth-order valence-corrected chi connectivity index (χ4v) is 3.77. The molecule has 0 saturated carbocycles. The summed E-state index contributed by atoms with van der Waals surface area (Å²) in [5.41, 5.74) is 4.48. The van der Waals surface area contributed by atoms with E-state index < -0.39 is 0 Å². The summed E-state index contributed by atoms with van der Waals surface area (Å²) in [5.74, 6) is 0.0470. The Morgan fingerprint density at radius 1 is 1.30 bits per heavy atom. The molecule has 5 heteroatoms. The van der Waals surface area contributed by atoms with E-state index in [-0.39, 0.29) is 11.9 Å². The van der Waals surface area contributed by atoms with Crippen molar-refractivity contribution >= 4 is 5.91 Å². The summed E-state index contributed by atoms with van der Waals surface area (Å²) < 4.78 is 0. The first-order valence-corrected chi connectivity index (χ1v) is 9.72. The number of hydrogen-bond donors (Lipinski definition) is 2. The lowest BCUT2D eigenvalue weighted by molar-refractivity contribution is -0.123. The van der Waals surface area contributed by atoms with Gasteiger partial charge in [0, 0.05) is 18.4 Å². The first-order chi connectivity index (χ1) is 13.0. The van der Waals surface area contributed by atoms with E-state index in [1.54, 1.807) is 6.20 Å². The lowest BCUT2D eigenvalue weighted by atomic mass is 9.94. The number of carbonyl (C=O) groups is 1. The van der Waals surface area contributed by atoms with E-state index in [1.807, 2.05) is 25.4 Å². The van der Waals surface area contributed by atoms with Gasteiger partial charge in [-0.25, -0.2) is 0 Å². The molecular weight excluding hydrogens is 336 g/mol. The molecule has 2 heterocycles. The fourth-order valence-electron chi connectivity index (χ4n) is 3.77. The molecule has 1 aliphatic heterocycles. The van der Waals surface area contributed by atoms with Gasteiger partial charge in [0.15, 0.2) is 0 Å². The molecule has 144 valence electrons. The Morgan fingerprint density at radius 3 is 2.78 bits per heavy atom. The number of benzene rings is 1. The van der Waals surface area contributed by atoms with Gasteiger partial charge in [0.2, 0.25) is 5.91 Å². The Labute approximate surface area is 162 Å². The van der Waals surface area contributed by atoms with Crippen LogP contribution < -0.4 is 10.6 Å². The summed E-state index contributed by atoms with van der Waals surface area (Å²) in [7, 11) is 2.05. The van der Waals surface area contributed by atoms with Gasteiger partial charge in [-0.3, -0.25) is 14.7 Å². The van der Waals surface area contributed by atoms with E-state index in [0.29, 0.717) is 12.6 Å². The number of hydrogen-bond acceptors (Lipinski definition) is 4. The monoisotopic (exact) mass is 366 g/mol. The Kier molecular flexibility index (Phi) is 6.58. The highest BCUT2D eigenvalue weighted by atomic mass is 16.2. The second-order valence-corrected chi connectivity index (χ2v) is 7.54. The molecule has 0 aliphatic carbocycles. The third-order valence-electron chi connectivity index (χ3n) is 5.39. The summed E-state index contributed by atoms with van der Waals surface area (Å²) in [6.07, 6.45) is 5.78. The van der Waals surface area contributed by atoms with Crippen molar-refractivity contribution in [1.82, 2.24) is 20.5 Å². The molecule has 0 radical (unpaired) electrons. The number of nitrogens with zero attached hydrogens (tertiary/aromatic N) is 2. The predicted molar refractivity (Wildman–Crippen MR) is 109 cm³/mol. The maximum Gasteiger partial charge on any atom is 0.234 e. The van der Waals surface area contributed by atoms with Crippen LogP contribution in [0.2, 0.25) is 0 Å². The molecule has 1 aromatic heterocycles. The molecule has 0 spiro atoms. The molecule has 1 saturated heterocycles. The molecular formula is C22H30N4O. The molecule has 5 nitrogen and oxygen atoms in total. The number of nitrogens with one attached hydrogen (secondary N) is 2. The first kappa shape index (κ1) is 19.5. The molecule has 0 unspecified atom stereocenters. The van der Waals surface area contributed by atoms with Crippen molar-refractivity contribution in [1.29, 1.82) is 0 Å². The molecule has 2 N–H and O–H groups in total. The molecule has 27 heavy (non-hydrogen) atoms. The van der Waals surface area contributed by atoms with Gasteiger partial charge in [-0.2, -0.15) is 0 Å². The minimum Gasteiger partial charge on any atom is -0.344 e. The van der Waals surface area contributed by atoms with Crippen LogP contribution in [-0.4, -0.2) is 48.5 Å². The van der Waals surface area contributed by atoms with Crippen LogP contribution in [0.3, 0.4) is 0 Å². The molecule has 1 aromatic carbocycles. The number of piperidine rings is 1. The van der Waals surface area contributed by atoms with Crippen LogP contribution in [0.15, 0.2) is 42.7 Å². The topological polar surface area (TPSA) is 57.3 Å². The second-order valence-electron chi connectivity index (χ2n) is 7.54. The Morgan fingerprint density at radius 2 is 2.07 bits per heavy atom. The van der Waals surface area contributed by atoms with Crippen LogP contribution in [0.1, 0.15) is 41.1 Å². The van der Waals surface area contributed by atoms with Gasteiger partial charge < -0.3 is 10.6 Å². The normalized spacial score (nSPS) is 16.3. The van der Waals surface area contributed by atoms with Crippen LogP contribution in [-0.2, 0) is 4.79 Å². The standard InChI is InChI=1S/C22H30N4O/c1-16-6-7-17(2)20(13-16)22(18-5-4-10-24-14-18)25-21(27)15-26(3)19-8-11-23-12-9-19/h4-7,10,13-14,19,22-23H,8-9,11-12,15H2,1-3H3,(H,25,27)/t22-/m1/s1. The van der Waals surface area contributed by atoms with Gasteiger partial charge in [0.05, 0.1) is 12.6 Å². The van der Waals surface area contributed by atoms with Crippen molar-refractivity contribution in [3.63, 3.8) is 0 Å². The van der Waals surface area contributed by atoms with E-state index in [0.717, 1.165) is 37.1 Å². The van der Waals surface area contributed by atoms with Crippen LogP contribution in [0.25, 0.3) is 0 Å². The smallest absolute Gasteiger partial charge is 0.234 e. The van der Waals surface area contributed by atoms with Crippen molar-refractivity contribution < 1.29 is 4.79 Å². The maximum atomic E-state index is 12.9. The lowest BCUT2D eigenvalue weighted by Crippen LogP contribution is -2.46. The second kappa shape index (κ2) is 9.11. The molecule has 2 aromatic rings. The van der Waals surface area contributed by atoms with Crippen molar-refractivity contribution in [2.45, 2.75) is 38.8 Å². The third-order valence-corrected chi connectivity index (χ3v) is 5.39. The predicted octanol–water partition coefficient (Wildman–Crippen LogP) is 2.59. The van der Waals surface area contributed by atoms with Gasteiger partial charge in [-0.05, 0) is 69.6 Å². The number of aromatic nitrogens is 1. The third kappa shape index (κ3) is 5.15. The van der Waals surface area contributed by atoms with Crippen molar-refractivity contribution in [3.05, 3.63) is 65.0 Å². The lowest BCUT2D eigenvalue weighted by Gasteiger charge is -2.31. The van der Waals surface area contributed by atoms with Crippen LogP contribution in [0.4, 0.5) is 0 Å². The zero-order chi connectivity index (χ0) is 19.2. The summed E-state index contributed by atoms with van der Waals surface area (Å²) >= 11 is 0. The average Bonchev–Trinajstić information content (AvgIpc) is 2.69. The minimum atomic E-state index is -0.187. The number of pyridine rings is 1. The molecule has 1 fully saturated rings. The summed E-state index contributed by atoms with van der Waals surface area (Å²) in [6.45, 7) is 6.63. The average molecular weight is 367 g/mol. The Bertz CT molecular complexity index is 756. The first-order valence-electron chi connectivity index (χ1n) is 9.72. The summed E-state index contributed by atoms with van der Waals surface area (Å²) in [6, 6.07) is 10.6. The van der Waals surface area contributed by atoms with Crippen molar-refractivity contribution in [2.24, 2.45) is 0 Å². The Balaban J connectivity index is 1.77. The zero-order valence-electron chi connectivity index (χ0n) is 16.5. The van der Waals surface area contributed by atoms with Crippen molar-refractivity contribution in [3.8, 4) is 0 Å². The molecule has 1 atom stereocenters. The summed E-state index contributed by atoms with van der Waals surface area (Å²) in [4.78, 5) is 19.3. The SMILES string of the molecule is Cc1ccc(C)c([C@H](NC(=O)CN(C)C2CCNCC2)c2cccnc2)c1. The number of likely N-dealkylation sites (N-methyl/N-ethyl adjacent to an activating group) is 1. The van der Waals surface area contributed by atoms with Crippen LogP contribution in [0.5, 0.6) is 0 Å². The largest absolute Gasteiger partial charge is 0.344 e.